The average molecular weight is 423 g/mol. The van der Waals surface area contributed by atoms with Gasteiger partial charge in [-0.15, -0.1) is 0 Å². The smallest absolute Gasteiger partial charge is 0.354 e. The highest BCUT2D eigenvalue weighted by Gasteiger charge is 2.46. The molecule has 0 spiro atoms. The summed E-state index contributed by atoms with van der Waals surface area (Å²) in [5, 5.41) is 9.60. The first-order valence-electron chi connectivity index (χ1n) is 9.58. The van der Waals surface area contributed by atoms with Gasteiger partial charge in [-0.3, -0.25) is 9.78 Å². The second kappa shape index (κ2) is 8.58. The van der Waals surface area contributed by atoms with Crippen LogP contribution in [0, 0.1) is 5.92 Å². The second-order valence-corrected chi connectivity index (χ2v) is 7.39. The predicted octanol–water partition coefficient (Wildman–Crippen LogP) is 1.61. The van der Waals surface area contributed by atoms with E-state index in [0.29, 0.717) is 17.2 Å². The topological polar surface area (TPSA) is 87.1 Å². The zero-order valence-corrected chi connectivity index (χ0v) is 17.2. The molecule has 2 aromatic rings. The van der Waals surface area contributed by atoms with Crippen LogP contribution in [-0.4, -0.2) is 64.3 Å². The zero-order valence-electron chi connectivity index (χ0n) is 16.4. The van der Waals surface area contributed by atoms with Crippen LogP contribution in [0.15, 0.2) is 60.0 Å². The van der Waals surface area contributed by atoms with Crippen LogP contribution in [0.3, 0.4) is 0 Å². The lowest BCUT2D eigenvalue weighted by Gasteiger charge is -2.30. The average Bonchev–Trinajstić information content (AvgIpc) is 3.37. The summed E-state index contributed by atoms with van der Waals surface area (Å²) in [6, 6.07) is 12.4. The molecule has 4 rings (SSSR count). The minimum absolute atomic E-state index is 0.212. The molecule has 1 aromatic carbocycles. The van der Waals surface area contributed by atoms with Crippen molar-refractivity contribution >= 4 is 34.9 Å². The van der Waals surface area contributed by atoms with Gasteiger partial charge >= 0.3 is 5.97 Å². The quantitative estimate of drug-likeness (QED) is 0.578. The minimum atomic E-state index is -0.552. The Morgan fingerprint density at radius 3 is 2.57 bits per heavy atom. The summed E-state index contributed by atoms with van der Waals surface area (Å²) in [5.41, 5.74) is 1.53. The van der Waals surface area contributed by atoms with E-state index in [4.69, 9.17) is 17.0 Å². The molecule has 2 atom stereocenters. The van der Waals surface area contributed by atoms with Gasteiger partial charge in [-0.2, -0.15) is 5.10 Å². The summed E-state index contributed by atoms with van der Waals surface area (Å²) < 4.78 is 4.99. The number of carbonyl (C=O) groups excluding carboxylic acids is 2. The van der Waals surface area contributed by atoms with Gasteiger partial charge in [-0.1, -0.05) is 30.3 Å². The molecule has 3 heterocycles. The van der Waals surface area contributed by atoms with E-state index in [9.17, 15) is 9.59 Å². The second-order valence-electron chi connectivity index (χ2n) is 7.00. The van der Waals surface area contributed by atoms with Gasteiger partial charge in [0.1, 0.15) is 0 Å². The number of ether oxygens (including phenoxy) is 1. The number of nitrogens with zero attached hydrogens (tertiary/aromatic N) is 4. The molecule has 1 saturated heterocycles. The lowest BCUT2D eigenvalue weighted by Crippen LogP contribution is -2.40. The van der Waals surface area contributed by atoms with Crippen LogP contribution < -0.4 is 5.32 Å². The molecule has 30 heavy (non-hydrogen) atoms. The number of aromatic nitrogens is 1. The van der Waals surface area contributed by atoms with E-state index < -0.39 is 17.9 Å². The number of amides is 1. The van der Waals surface area contributed by atoms with E-state index >= 15 is 0 Å². The highest BCUT2D eigenvalue weighted by Crippen LogP contribution is 2.38. The van der Waals surface area contributed by atoms with Crippen molar-refractivity contribution in [3.05, 3.63) is 66.0 Å². The van der Waals surface area contributed by atoms with Crippen LogP contribution >= 0.6 is 12.2 Å². The summed E-state index contributed by atoms with van der Waals surface area (Å²) in [6.07, 6.45) is 3.11. The van der Waals surface area contributed by atoms with Crippen molar-refractivity contribution in [1.29, 1.82) is 0 Å². The molecule has 1 amide bonds. The molecule has 2 unspecified atom stereocenters. The molecule has 8 nitrogen and oxygen atoms in total. The molecule has 2 aliphatic heterocycles. The van der Waals surface area contributed by atoms with E-state index in [1.165, 1.54) is 12.1 Å². The highest BCUT2D eigenvalue weighted by molar-refractivity contribution is 7.80. The Morgan fingerprint density at radius 1 is 1.20 bits per heavy atom. The van der Waals surface area contributed by atoms with Gasteiger partial charge in [0.25, 0.3) is 5.91 Å². The van der Waals surface area contributed by atoms with E-state index in [-0.39, 0.29) is 11.6 Å². The van der Waals surface area contributed by atoms with Crippen molar-refractivity contribution in [1.82, 2.24) is 20.2 Å². The predicted molar refractivity (Wildman–Crippen MR) is 115 cm³/mol. The van der Waals surface area contributed by atoms with Gasteiger partial charge in [-0.05, 0) is 29.9 Å². The van der Waals surface area contributed by atoms with Crippen LogP contribution in [0.25, 0.3) is 0 Å². The van der Waals surface area contributed by atoms with Crippen molar-refractivity contribution in [2.45, 2.75) is 6.04 Å². The molecule has 9 heteroatoms. The largest absolute Gasteiger partial charge is 0.464 e. The fourth-order valence-corrected chi connectivity index (χ4v) is 4.07. The standard InChI is InChI=1S/C21H21N5O3S/c1-29-20(28)17-16(13-25-12-11-23-21(25)30)18(14-5-3-2-4-6-14)26(24-17)19(27)15-7-9-22-10-8-15/h2-10,16,18H,11-13H2,1H3,(H,23,30). The maximum atomic E-state index is 13.3. The summed E-state index contributed by atoms with van der Waals surface area (Å²) in [5.74, 6) is -1.26. The van der Waals surface area contributed by atoms with Crippen LogP contribution in [-0.2, 0) is 9.53 Å². The molecule has 1 N–H and O–H groups in total. The maximum Gasteiger partial charge on any atom is 0.354 e. The van der Waals surface area contributed by atoms with Crippen LogP contribution in [0.4, 0.5) is 0 Å². The van der Waals surface area contributed by atoms with Gasteiger partial charge in [0, 0.05) is 37.6 Å². The SMILES string of the molecule is COC(=O)C1=NN(C(=O)c2ccncc2)C(c2ccccc2)C1CN1CCNC1=S. The van der Waals surface area contributed by atoms with E-state index in [0.717, 1.165) is 18.7 Å². The van der Waals surface area contributed by atoms with Crippen LogP contribution in [0.1, 0.15) is 22.0 Å². The number of methoxy groups -OCH3 is 1. The van der Waals surface area contributed by atoms with E-state index in [1.54, 1.807) is 24.5 Å². The van der Waals surface area contributed by atoms with Gasteiger partial charge in [0.2, 0.25) is 0 Å². The number of pyridine rings is 1. The summed E-state index contributed by atoms with van der Waals surface area (Å²) in [6.45, 7) is 1.91. The van der Waals surface area contributed by atoms with Gasteiger partial charge in [-0.25, -0.2) is 9.80 Å². The highest BCUT2D eigenvalue weighted by atomic mass is 32.1. The van der Waals surface area contributed by atoms with Gasteiger partial charge in [0.15, 0.2) is 10.8 Å². The summed E-state index contributed by atoms with van der Waals surface area (Å²) in [7, 11) is 1.31. The first-order valence-corrected chi connectivity index (χ1v) is 9.99. The fraction of sp³-hybridized carbons (Fsp3) is 0.286. The molecule has 154 valence electrons. The van der Waals surface area contributed by atoms with Gasteiger partial charge in [0.05, 0.1) is 19.1 Å². The maximum absolute atomic E-state index is 13.3. The fourth-order valence-electron chi connectivity index (χ4n) is 3.80. The molecule has 0 radical (unpaired) electrons. The molecular formula is C21H21N5O3S. The number of esters is 1. The Labute approximate surface area is 179 Å². The molecule has 1 aromatic heterocycles. The normalized spacial score (nSPS) is 20.7. The molecular weight excluding hydrogens is 402 g/mol. The minimum Gasteiger partial charge on any atom is -0.464 e. The first kappa shape index (κ1) is 20.0. The third kappa shape index (κ3) is 3.76. The van der Waals surface area contributed by atoms with E-state index in [2.05, 4.69) is 15.4 Å². The molecule has 0 saturated carbocycles. The first-order chi connectivity index (χ1) is 14.6. The lowest BCUT2D eigenvalue weighted by atomic mass is 9.89. The Hall–Kier alpha value is -3.33. The van der Waals surface area contributed by atoms with Crippen molar-refractivity contribution < 1.29 is 14.3 Å². The number of hydrogen-bond acceptors (Lipinski definition) is 6. The Kier molecular flexibility index (Phi) is 5.71. The van der Waals surface area contributed by atoms with Crippen LogP contribution in [0.2, 0.25) is 0 Å². The van der Waals surface area contributed by atoms with Crippen molar-refractivity contribution in [3.8, 4) is 0 Å². The molecule has 1 fully saturated rings. The van der Waals surface area contributed by atoms with Crippen molar-refractivity contribution in [2.75, 3.05) is 26.7 Å². The number of carbonyl (C=O) groups is 2. The molecule has 0 bridgehead atoms. The third-order valence-corrected chi connectivity index (χ3v) is 5.65. The Morgan fingerprint density at radius 2 is 1.93 bits per heavy atom. The number of rotatable bonds is 5. The molecule has 2 aliphatic rings. The monoisotopic (exact) mass is 423 g/mol. The number of hydrazone groups is 1. The lowest BCUT2D eigenvalue weighted by molar-refractivity contribution is -0.133. The summed E-state index contributed by atoms with van der Waals surface area (Å²) >= 11 is 5.39. The number of benzene rings is 1. The summed E-state index contributed by atoms with van der Waals surface area (Å²) in [4.78, 5) is 31.9. The number of hydrogen-bond donors (Lipinski definition) is 1. The van der Waals surface area contributed by atoms with Crippen molar-refractivity contribution in [3.63, 3.8) is 0 Å². The number of nitrogens with one attached hydrogen (secondary N) is 1. The number of thiocarbonyl (C=S) groups is 1. The zero-order chi connectivity index (χ0) is 21.1. The van der Waals surface area contributed by atoms with Gasteiger partial charge < -0.3 is 15.0 Å². The van der Waals surface area contributed by atoms with E-state index in [1.807, 2.05) is 35.2 Å². The van der Waals surface area contributed by atoms with Crippen LogP contribution in [0.5, 0.6) is 0 Å². The van der Waals surface area contributed by atoms with Crippen molar-refractivity contribution in [2.24, 2.45) is 11.0 Å². The Balaban J connectivity index is 1.77. The molecule has 0 aliphatic carbocycles. The Bertz CT molecular complexity index is 983. The third-order valence-electron chi connectivity index (χ3n) is 5.24.